The Hall–Kier alpha value is -2.57. The van der Waals surface area contributed by atoms with Crippen LogP contribution in [0.5, 0.6) is 5.75 Å². The Bertz CT molecular complexity index is 805. The highest BCUT2D eigenvalue weighted by atomic mass is 16.5. The van der Waals surface area contributed by atoms with Crippen LogP contribution in [0.2, 0.25) is 0 Å². The van der Waals surface area contributed by atoms with Crippen molar-refractivity contribution in [2.24, 2.45) is 11.8 Å². The van der Waals surface area contributed by atoms with E-state index < -0.39 is 0 Å². The standard InChI is InChI=1S/C23H31N3O4/c1-3-11-24-22(28)19-12-17-13-25(23(29)16-5-4-6-16)14-20(27)26(17)21(19)15-7-9-18(30-2)10-8-15/h7-10,16-17,19,21H,3-6,11-14H2,1-2H3,(H,24,28)/t17-,19-,21-/m0/s1. The highest BCUT2D eigenvalue weighted by Gasteiger charge is 2.51. The van der Waals surface area contributed by atoms with Gasteiger partial charge in [0, 0.05) is 19.0 Å². The number of piperazine rings is 1. The zero-order chi connectivity index (χ0) is 21.3. The van der Waals surface area contributed by atoms with Crippen LogP contribution in [-0.2, 0) is 14.4 Å². The Morgan fingerprint density at radius 1 is 1.20 bits per heavy atom. The second-order valence-electron chi connectivity index (χ2n) is 8.65. The number of hydrogen-bond acceptors (Lipinski definition) is 4. The average molecular weight is 414 g/mol. The first kappa shape index (κ1) is 20.7. The monoisotopic (exact) mass is 413 g/mol. The molecule has 2 heterocycles. The second-order valence-corrected chi connectivity index (χ2v) is 8.65. The molecule has 0 spiro atoms. The lowest BCUT2D eigenvalue weighted by Gasteiger charge is -2.42. The zero-order valence-electron chi connectivity index (χ0n) is 17.8. The molecule has 3 amide bonds. The molecule has 0 radical (unpaired) electrons. The number of nitrogens with zero attached hydrogens (tertiary/aromatic N) is 2. The van der Waals surface area contributed by atoms with Crippen molar-refractivity contribution in [3.05, 3.63) is 29.8 Å². The number of hydrogen-bond donors (Lipinski definition) is 1. The summed E-state index contributed by atoms with van der Waals surface area (Å²) in [5.74, 6) is 0.517. The Balaban J connectivity index is 1.59. The van der Waals surface area contributed by atoms with Crippen LogP contribution in [0.25, 0.3) is 0 Å². The third kappa shape index (κ3) is 3.77. The molecule has 0 bridgehead atoms. The minimum absolute atomic E-state index is 0.0169. The quantitative estimate of drug-likeness (QED) is 0.775. The molecule has 2 saturated heterocycles. The van der Waals surface area contributed by atoms with E-state index in [1.54, 1.807) is 12.0 Å². The van der Waals surface area contributed by atoms with Crippen LogP contribution in [0.15, 0.2) is 24.3 Å². The minimum atomic E-state index is -0.322. The van der Waals surface area contributed by atoms with E-state index >= 15 is 0 Å². The fraction of sp³-hybridized carbons (Fsp3) is 0.609. The summed E-state index contributed by atoms with van der Waals surface area (Å²) in [7, 11) is 1.61. The molecule has 1 aromatic carbocycles. The largest absolute Gasteiger partial charge is 0.497 e. The first-order valence-corrected chi connectivity index (χ1v) is 11.0. The lowest BCUT2D eigenvalue weighted by Crippen LogP contribution is -2.57. The van der Waals surface area contributed by atoms with Gasteiger partial charge in [-0.25, -0.2) is 0 Å². The fourth-order valence-electron chi connectivity index (χ4n) is 4.95. The first-order valence-electron chi connectivity index (χ1n) is 11.0. The lowest BCUT2D eigenvalue weighted by molar-refractivity contribution is -0.152. The molecule has 162 valence electrons. The van der Waals surface area contributed by atoms with Crippen LogP contribution in [-0.4, -0.2) is 60.3 Å². The zero-order valence-corrected chi connectivity index (χ0v) is 17.8. The molecule has 1 N–H and O–H groups in total. The molecule has 7 nitrogen and oxygen atoms in total. The topological polar surface area (TPSA) is 79.0 Å². The third-order valence-electron chi connectivity index (χ3n) is 6.75. The maximum atomic E-state index is 13.2. The maximum absolute atomic E-state index is 13.2. The molecule has 3 aliphatic rings. The minimum Gasteiger partial charge on any atom is -0.497 e. The molecular weight excluding hydrogens is 382 g/mol. The van der Waals surface area contributed by atoms with Gasteiger partial charge in [0.15, 0.2) is 0 Å². The number of rotatable bonds is 6. The lowest BCUT2D eigenvalue weighted by atomic mass is 9.84. The van der Waals surface area contributed by atoms with E-state index in [4.69, 9.17) is 4.74 Å². The smallest absolute Gasteiger partial charge is 0.243 e. The summed E-state index contributed by atoms with van der Waals surface area (Å²) in [5.41, 5.74) is 0.932. The number of amides is 3. The van der Waals surface area contributed by atoms with Crippen LogP contribution < -0.4 is 10.1 Å². The summed E-state index contributed by atoms with van der Waals surface area (Å²) in [6.07, 6.45) is 4.38. The van der Waals surface area contributed by atoms with Gasteiger partial charge in [-0.3, -0.25) is 14.4 Å². The number of fused-ring (bicyclic) bond motifs is 1. The van der Waals surface area contributed by atoms with Crippen LogP contribution in [0.4, 0.5) is 0 Å². The van der Waals surface area contributed by atoms with Gasteiger partial charge in [0.1, 0.15) is 5.75 Å². The van der Waals surface area contributed by atoms with Crippen LogP contribution in [0.3, 0.4) is 0 Å². The van der Waals surface area contributed by atoms with Crippen LogP contribution in [0, 0.1) is 11.8 Å². The van der Waals surface area contributed by atoms with Crippen molar-refractivity contribution in [1.82, 2.24) is 15.1 Å². The molecule has 1 aliphatic carbocycles. The van der Waals surface area contributed by atoms with Gasteiger partial charge in [0.2, 0.25) is 17.7 Å². The molecule has 3 fully saturated rings. The van der Waals surface area contributed by atoms with Gasteiger partial charge in [-0.15, -0.1) is 0 Å². The summed E-state index contributed by atoms with van der Waals surface area (Å²) in [6.45, 7) is 3.27. The van der Waals surface area contributed by atoms with Crippen molar-refractivity contribution >= 4 is 17.7 Å². The summed E-state index contributed by atoms with van der Waals surface area (Å²) in [5, 5.41) is 3.01. The molecular formula is C23H31N3O4. The van der Waals surface area contributed by atoms with Gasteiger partial charge in [-0.05, 0) is 43.4 Å². The molecule has 3 atom stereocenters. The average Bonchev–Trinajstić information content (AvgIpc) is 3.11. The van der Waals surface area contributed by atoms with Gasteiger partial charge in [-0.1, -0.05) is 25.5 Å². The molecule has 4 rings (SSSR count). The molecule has 2 aliphatic heterocycles. The van der Waals surface area contributed by atoms with E-state index in [1.807, 2.05) is 36.1 Å². The summed E-state index contributed by atoms with van der Waals surface area (Å²) >= 11 is 0. The predicted octanol–water partition coefficient (Wildman–Crippen LogP) is 2.12. The van der Waals surface area contributed by atoms with Crippen LogP contribution in [0.1, 0.15) is 50.6 Å². The van der Waals surface area contributed by atoms with Gasteiger partial charge in [0.05, 0.1) is 31.7 Å². The van der Waals surface area contributed by atoms with E-state index in [1.165, 1.54) is 0 Å². The maximum Gasteiger partial charge on any atom is 0.243 e. The number of nitrogens with one attached hydrogen (secondary N) is 1. The van der Waals surface area contributed by atoms with Gasteiger partial charge in [0.25, 0.3) is 0 Å². The number of benzene rings is 1. The highest BCUT2D eigenvalue weighted by molar-refractivity contribution is 5.89. The number of carbonyl (C=O) groups is 3. The number of ether oxygens (including phenoxy) is 1. The summed E-state index contributed by atoms with van der Waals surface area (Å²) < 4.78 is 5.26. The van der Waals surface area contributed by atoms with Crippen molar-refractivity contribution in [2.75, 3.05) is 26.7 Å². The van der Waals surface area contributed by atoms with Gasteiger partial charge in [-0.2, -0.15) is 0 Å². The highest BCUT2D eigenvalue weighted by Crippen LogP contribution is 2.44. The third-order valence-corrected chi connectivity index (χ3v) is 6.75. The Labute approximate surface area is 177 Å². The summed E-state index contributed by atoms with van der Waals surface area (Å²) in [6, 6.07) is 7.16. The van der Waals surface area contributed by atoms with E-state index in [-0.39, 0.29) is 48.2 Å². The van der Waals surface area contributed by atoms with E-state index in [2.05, 4.69) is 5.32 Å². The fourth-order valence-corrected chi connectivity index (χ4v) is 4.95. The molecule has 30 heavy (non-hydrogen) atoms. The Morgan fingerprint density at radius 2 is 1.93 bits per heavy atom. The number of methoxy groups -OCH3 is 1. The van der Waals surface area contributed by atoms with Crippen molar-refractivity contribution in [3.8, 4) is 5.75 Å². The van der Waals surface area contributed by atoms with E-state index in [0.717, 1.165) is 37.0 Å². The molecule has 7 heteroatoms. The second kappa shape index (κ2) is 8.66. The normalized spacial score (nSPS) is 26.2. The Kier molecular flexibility index (Phi) is 5.97. The predicted molar refractivity (Wildman–Crippen MR) is 112 cm³/mol. The molecule has 1 aromatic rings. The van der Waals surface area contributed by atoms with Gasteiger partial charge < -0.3 is 19.9 Å². The van der Waals surface area contributed by atoms with Crippen molar-refractivity contribution < 1.29 is 19.1 Å². The first-order chi connectivity index (χ1) is 14.5. The summed E-state index contributed by atoms with van der Waals surface area (Å²) in [4.78, 5) is 42.5. The van der Waals surface area contributed by atoms with E-state index in [9.17, 15) is 14.4 Å². The van der Waals surface area contributed by atoms with Crippen molar-refractivity contribution in [1.29, 1.82) is 0 Å². The molecule has 1 saturated carbocycles. The van der Waals surface area contributed by atoms with Crippen molar-refractivity contribution in [2.45, 2.75) is 51.1 Å². The molecule has 0 unspecified atom stereocenters. The van der Waals surface area contributed by atoms with Crippen LogP contribution >= 0.6 is 0 Å². The number of carbonyl (C=O) groups excluding carboxylic acids is 3. The SMILES string of the molecule is CCCNC(=O)[C@H]1C[C@H]2CN(C(=O)C3CCC3)CC(=O)N2[C@H]1c1ccc(OC)cc1. The van der Waals surface area contributed by atoms with E-state index in [0.29, 0.717) is 19.5 Å². The molecule has 0 aromatic heterocycles. The van der Waals surface area contributed by atoms with Crippen molar-refractivity contribution in [3.63, 3.8) is 0 Å². The van der Waals surface area contributed by atoms with Gasteiger partial charge >= 0.3 is 0 Å². The Morgan fingerprint density at radius 3 is 2.53 bits per heavy atom.